The number of hydrogen-bond acceptors (Lipinski definition) is 8. The number of nitrogens with one attached hydrogen (secondary N) is 3. The van der Waals surface area contributed by atoms with E-state index in [-0.39, 0.29) is 30.1 Å². The van der Waals surface area contributed by atoms with Crippen molar-refractivity contribution in [1.29, 1.82) is 0 Å². The van der Waals surface area contributed by atoms with Crippen LogP contribution < -0.4 is 20.7 Å². The van der Waals surface area contributed by atoms with Crippen LogP contribution in [0, 0.1) is 10.1 Å². The summed E-state index contributed by atoms with van der Waals surface area (Å²) in [6.07, 6.45) is -0.461. The second-order valence-corrected chi connectivity index (χ2v) is 6.66. The second kappa shape index (κ2) is 11.8. The van der Waals surface area contributed by atoms with Crippen LogP contribution in [-0.2, 0) is 23.9 Å². The van der Waals surface area contributed by atoms with Crippen LogP contribution in [0.3, 0.4) is 0 Å². The fourth-order valence-electron chi connectivity index (χ4n) is 2.59. The Bertz CT molecular complexity index is 1050. The fourth-order valence-corrected chi connectivity index (χ4v) is 2.59. The van der Waals surface area contributed by atoms with Gasteiger partial charge in [-0.05, 0) is 30.3 Å². The smallest absolute Gasteiger partial charge is 0.306 e. The maximum absolute atomic E-state index is 12.0. The van der Waals surface area contributed by atoms with Gasteiger partial charge in [-0.2, -0.15) is 0 Å². The molecule has 0 radical (unpaired) electrons. The van der Waals surface area contributed by atoms with Crippen LogP contribution in [-0.4, -0.2) is 42.3 Å². The molecule has 0 saturated carbocycles. The lowest BCUT2D eigenvalue weighted by Crippen LogP contribution is -2.22. The van der Waals surface area contributed by atoms with Crippen molar-refractivity contribution < 1.29 is 33.6 Å². The van der Waals surface area contributed by atoms with E-state index in [2.05, 4.69) is 16.0 Å². The Morgan fingerprint density at radius 1 is 0.909 bits per heavy atom. The van der Waals surface area contributed by atoms with Crippen molar-refractivity contribution in [3.05, 3.63) is 52.6 Å². The van der Waals surface area contributed by atoms with Crippen LogP contribution in [0.25, 0.3) is 0 Å². The van der Waals surface area contributed by atoms with Gasteiger partial charge in [-0.1, -0.05) is 0 Å². The molecule has 12 heteroatoms. The van der Waals surface area contributed by atoms with Crippen molar-refractivity contribution in [1.82, 2.24) is 0 Å². The van der Waals surface area contributed by atoms with Gasteiger partial charge in [-0.15, -0.1) is 0 Å². The SMILES string of the molecule is COc1ccc([N+](=O)[O-])c(NC(=O)COC(=O)CCC(=O)Nc2ccc(NC(C)=O)cc2)c1. The molecule has 0 saturated heterocycles. The van der Waals surface area contributed by atoms with Crippen molar-refractivity contribution in [3.8, 4) is 5.75 Å². The minimum atomic E-state index is -0.790. The van der Waals surface area contributed by atoms with Crippen molar-refractivity contribution >= 4 is 46.4 Å². The number of rotatable bonds is 10. The number of amides is 3. The zero-order valence-electron chi connectivity index (χ0n) is 17.9. The summed E-state index contributed by atoms with van der Waals surface area (Å²) in [4.78, 5) is 57.2. The van der Waals surface area contributed by atoms with Gasteiger partial charge in [-0.3, -0.25) is 29.3 Å². The molecule has 0 spiro atoms. The third-order valence-electron chi connectivity index (χ3n) is 4.08. The normalized spacial score (nSPS) is 10.0. The molecule has 174 valence electrons. The molecule has 2 rings (SSSR count). The van der Waals surface area contributed by atoms with Crippen molar-refractivity contribution in [2.24, 2.45) is 0 Å². The van der Waals surface area contributed by atoms with Crippen molar-refractivity contribution in [3.63, 3.8) is 0 Å². The summed E-state index contributed by atoms with van der Waals surface area (Å²) in [5.74, 6) is -1.95. The Kier molecular flexibility index (Phi) is 8.85. The molecule has 0 aliphatic carbocycles. The zero-order valence-corrected chi connectivity index (χ0v) is 17.9. The molecule has 2 aromatic carbocycles. The molecule has 0 aliphatic rings. The first-order valence-electron chi connectivity index (χ1n) is 9.63. The molecule has 33 heavy (non-hydrogen) atoms. The number of benzene rings is 2. The Morgan fingerprint density at radius 2 is 1.55 bits per heavy atom. The van der Waals surface area contributed by atoms with Crippen LogP contribution in [0.5, 0.6) is 5.75 Å². The Balaban J connectivity index is 1.77. The lowest BCUT2D eigenvalue weighted by molar-refractivity contribution is -0.383. The highest BCUT2D eigenvalue weighted by Gasteiger charge is 2.18. The minimum Gasteiger partial charge on any atom is -0.497 e. The van der Waals surface area contributed by atoms with Crippen LogP contribution in [0.2, 0.25) is 0 Å². The standard InChI is InChI=1S/C21H22N4O8/c1-13(26)22-14-3-5-15(6-4-14)23-19(27)9-10-21(29)33-12-20(28)24-17-11-16(32-2)7-8-18(17)25(30)31/h3-8,11H,9-10,12H2,1-2H3,(H,22,26)(H,23,27)(H,24,28). The Morgan fingerprint density at radius 3 is 2.12 bits per heavy atom. The third-order valence-corrected chi connectivity index (χ3v) is 4.08. The van der Waals surface area contributed by atoms with E-state index in [0.29, 0.717) is 17.1 Å². The van der Waals surface area contributed by atoms with E-state index in [0.717, 1.165) is 0 Å². The highest BCUT2D eigenvalue weighted by atomic mass is 16.6. The number of esters is 1. The van der Waals surface area contributed by atoms with E-state index in [1.54, 1.807) is 24.3 Å². The van der Waals surface area contributed by atoms with E-state index in [9.17, 15) is 29.3 Å². The van der Waals surface area contributed by atoms with E-state index >= 15 is 0 Å². The molecular weight excluding hydrogens is 436 g/mol. The van der Waals surface area contributed by atoms with Gasteiger partial charge >= 0.3 is 5.97 Å². The maximum atomic E-state index is 12.0. The lowest BCUT2D eigenvalue weighted by Gasteiger charge is -2.09. The van der Waals surface area contributed by atoms with E-state index in [4.69, 9.17) is 9.47 Å². The average Bonchev–Trinajstić information content (AvgIpc) is 2.77. The van der Waals surface area contributed by atoms with E-state index < -0.39 is 29.3 Å². The molecule has 0 heterocycles. The topological polar surface area (TPSA) is 166 Å². The van der Waals surface area contributed by atoms with Crippen LogP contribution in [0.1, 0.15) is 19.8 Å². The van der Waals surface area contributed by atoms with E-state index in [1.165, 1.54) is 32.2 Å². The average molecular weight is 458 g/mol. The van der Waals surface area contributed by atoms with Gasteiger partial charge in [0.2, 0.25) is 11.8 Å². The third kappa shape index (κ3) is 8.28. The monoisotopic (exact) mass is 458 g/mol. The molecule has 12 nitrogen and oxygen atoms in total. The summed E-state index contributed by atoms with van der Waals surface area (Å²) in [6.45, 7) is 0.695. The maximum Gasteiger partial charge on any atom is 0.306 e. The quantitative estimate of drug-likeness (QED) is 0.277. The lowest BCUT2D eigenvalue weighted by atomic mass is 10.2. The number of anilines is 3. The Hall–Kier alpha value is -4.48. The molecular formula is C21H22N4O8. The molecule has 3 amide bonds. The van der Waals surface area contributed by atoms with E-state index in [1.807, 2.05) is 0 Å². The molecule has 2 aromatic rings. The zero-order chi connectivity index (χ0) is 24.4. The van der Waals surface area contributed by atoms with Crippen molar-refractivity contribution in [2.45, 2.75) is 19.8 Å². The number of nitro groups is 1. The summed E-state index contributed by atoms with van der Waals surface area (Å²) < 4.78 is 9.79. The van der Waals surface area contributed by atoms with Gasteiger partial charge in [0.1, 0.15) is 11.4 Å². The fraction of sp³-hybridized carbons (Fsp3) is 0.238. The van der Waals surface area contributed by atoms with Gasteiger partial charge in [-0.25, -0.2) is 0 Å². The molecule has 0 fully saturated rings. The molecule has 0 unspecified atom stereocenters. The summed E-state index contributed by atoms with van der Waals surface area (Å²) in [5, 5.41) is 18.6. The number of methoxy groups -OCH3 is 1. The number of carbonyl (C=O) groups is 4. The second-order valence-electron chi connectivity index (χ2n) is 6.66. The Labute approximate surface area is 188 Å². The van der Waals surface area contributed by atoms with Crippen molar-refractivity contribution in [2.75, 3.05) is 29.7 Å². The van der Waals surface area contributed by atoms with Gasteiger partial charge in [0.25, 0.3) is 11.6 Å². The number of nitrogens with zero attached hydrogens (tertiary/aromatic N) is 1. The molecule has 0 bridgehead atoms. The minimum absolute atomic E-state index is 0.107. The predicted molar refractivity (Wildman–Crippen MR) is 118 cm³/mol. The van der Waals surface area contributed by atoms with Gasteiger partial charge in [0.15, 0.2) is 6.61 Å². The first-order chi connectivity index (χ1) is 15.7. The van der Waals surface area contributed by atoms with Gasteiger partial charge in [0.05, 0.1) is 18.5 Å². The highest BCUT2D eigenvalue weighted by Crippen LogP contribution is 2.28. The summed E-state index contributed by atoms with van der Waals surface area (Å²) in [5.41, 5.74) is 0.588. The molecule has 0 aliphatic heterocycles. The van der Waals surface area contributed by atoms with Crippen LogP contribution in [0.15, 0.2) is 42.5 Å². The summed E-state index contributed by atoms with van der Waals surface area (Å²) >= 11 is 0. The predicted octanol–water partition coefficient (Wildman–Crippen LogP) is 2.46. The molecule has 0 aromatic heterocycles. The molecule has 0 atom stereocenters. The largest absolute Gasteiger partial charge is 0.497 e. The van der Waals surface area contributed by atoms with Crippen LogP contribution in [0.4, 0.5) is 22.7 Å². The number of hydrogen-bond donors (Lipinski definition) is 3. The number of carbonyl (C=O) groups excluding carboxylic acids is 4. The first kappa shape index (κ1) is 24.8. The van der Waals surface area contributed by atoms with Crippen LogP contribution >= 0.6 is 0 Å². The molecule has 3 N–H and O–H groups in total. The first-order valence-corrected chi connectivity index (χ1v) is 9.63. The highest BCUT2D eigenvalue weighted by molar-refractivity contribution is 5.96. The van der Waals surface area contributed by atoms with Gasteiger partial charge < -0.3 is 25.4 Å². The number of nitro benzene ring substituents is 1. The summed E-state index contributed by atoms with van der Waals surface area (Å²) in [6, 6.07) is 10.2. The summed E-state index contributed by atoms with van der Waals surface area (Å²) in [7, 11) is 1.37. The number of ether oxygens (including phenoxy) is 2. The van der Waals surface area contributed by atoms with Gasteiger partial charge in [0, 0.05) is 36.9 Å².